The molecule has 0 unspecified atom stereocenters. The highest BCUT2D eigenvalue weighted by atomic mass is 19.1. The predicted molar refractivity (Wildman–Crippen MR) is 98.5 cm³/mol. The molecule has 1 aliphatic heterocycles. The summed E-state index contributed by atoms with van der Waals surface area (Å²) in [6, 6.07) is 12.4. The minimum Gasteiger partial charge on any atom is -0.339 e. The number of carbonyl (C=O) groups excluding carboxylic acids is 2. The fourth-order valence-corrected chi connectivity index (χ4v) is 3.15. The van der Waals surface area contributed by atoms with Crippen molar-refractivity contribution >= 4 is 11.8 Å². The highest BCUT2D eigenvalue weighted by molar-refractivity contribution is 5.94. The van der Waals surface area contributed by atoms with Crippen LogP contribution in [0, 0.1) is 19.7 Å². The van der Waals surface area contributed by atoms with Crippen LogP contribution < -0.4 is 0 Å². The van der Waals surface area contributed by atoms with Crippen molar-refractivity contribution in [3.05, 3.63) is 70.5 Å². The second kappa shape index (κ2) is 7.68. The van der Waals surface area contributed by atoms with Crippen LogP contribution in [0.25, 0.3) is 0 Å². The third-order valence-corrected chi connectivity index (χ3v) is 4.94. The number of rotatable bonds is 3. The van der Waals surface area contributed by atoms with Crippen LogP contribution in [-0.4, -0.2) is 47.8 Å². The van der Waals surface area contributed by atoms with Crippen LogP contribution in [0.2, 0.25) is 0 Å². The number of aryl methyl sites for hydroxylation is 2. The molecule has 0 aliphatic carbocycles. The fraction of sp³-hybridized carbons (Fsp3) is 0.333. The molecular weight excluding hydrogens is 331 g/mol. The molecule has 1 aliphatic rings. The number of amides is 2. The summed E-state index contributed by atoms with van der Waals surface area (Å²) >= 11 is 0. The van der Waals surface area contributed by atoms with Gasteiger partial charge in [-0.1, -0.05) is 30.3 Å². The zero-order chi connectivity index (χ0) is 18.7. The molecule has 1 heterocycles. The Balaban J connectivity index is 1.58. The Morgan fingerprint density at radius 1 is 0.923 bits per heavy atom. The van der Waals surface area contributed by atoms with E-state index < -0.39 is 0 Å². The van der Waals surface area contributed by atoms with Gasteiger partial charge in [0.15, 0.2) is 0 Å². The van der Waals surface area contributed by atoms with Gasteiger partial charge in [-0.25, -0.2) is 4.39 Å². The lowest BCUT2D eigenvalue weighted by atomic mass is 10.0. The third-order valence-electron chi connectivity index (χ3n) is 4.94. The summed E-state index contributed by atoms with van der Waals surface area (Å²) in [5.74, 6) is -0.481. The molecule has 0 aromatic heterocycles. The SMILES string of the molecule is Cc1ccc(C(=O)N2CCN(C(=O)Cc3ccccc3C)CC2)cc1F. The maximum absolute atomic E-state index is 13.7. The molecule has 2 amide bonds. The number of hydrogen-bond acceptors (Lipinski definition) is 2. The van der Waals surface area contributed by atoms with Crippen LogP contribution in [-0.2, 0) is 11.2 Å². The lowest BCUT2D eigenvalue weighted by molar-refractivity contribution is -0.131. The minimum absolute atomic E-state index is 0.0766. The van der Waals surface area contributed by atoms with E-state index in [1.807, 2.05) is 31.2 Å². The summed E-state index contributed by atoms with van der Waals surface area (Å²) in [4.78, 5) is 28.5. The van der Waals surface area contributed by atoms with Crippen LogP contribution in [0.15, 0.2) is 42.5 Å². The summed E-state index contributed by atoms with van der Waals surface area (Å²) in [6.07, 6.45) is 0.379. The summed E-state index contributed by atoms with van der Waals surface area (Å²) in [7, 11) is 0. The summed E-state index contributed by atoms with van der Waals surface area (Å²) in [5.41, 5.74) is 3.02. The molecule has 2 aromatic rings. The van der Waals surface area contributed by atoms with Crippen molar-refractivity contribution < 1.29 is 14.0 Å². The van der Waals surface area contributed by atoms with E-state index in [1.54, 1.807) is 28.9 Å². The number of nitrogens with zero attached hydrogens (tertiary/aromatic N) is 2. The normalized spacial score (nSPS) is 14.4. The van der Waals surface area contributed by atoms with E-state index in [0.717, 1.165) is 11.1 Å². The Bertz CT molecular complexity index is 827. The predicted octanol–water partition coefficient (Wildman–Crippen LogP) is 2.97. The molecule has 26 heavy (non-hydrogen) atoms. The number of piperazine rings is 1. The fourth-order valence-electron chi connectivity index (χ4n) is 3.15. The third kappa shape index (κ3) is 3.93. The van der Waals surface area contributed by atoms with Crippen molar-refractivity contribution in [2.75, 3.05) is 26.2 Å². The highest BCUT2D eigenvalue weighted by Gasteiger charge is 2.25. The van der Waals surface area contributed by atoms with Crippen molar-refractivity contribution in [3.8, 4) is 0 Å². The Hall–Kier alpha value is -2.69. The minimum atomic E-state index is -0.372. The average Bonchev–Trinajstić information content (AvgIpc) is 2.65. The van der Waals surface area contributed by atoms with Crippen LogP contribution in [0.3, 0.4) is 0 Å². The molecule has 0 radical (unpaired) electrons. The van der Waals surface area contributed by atoms with Crippen molar-refractivity contribution in [2.45, 2.75) is 20.3 Å². The van der Waals surface area contributed by atoms with E-state index in [2.05, 4.69) is 0 Å². The molecule has 1 fully saturated rings. The summed E-state index contributed by atoms with van der Waals surface area (Å²) in [6.45, 7) is 5.61. The Labute approximate surface area is 153 Å². The van der Waals surface area contributed by atoms with E-state index in [0.29, 0.717) is 43.7 Å². The first-order valence-corrected chi connectivity index (χ1v) is 8.83. The van der Waals surface area contributed by atoms with Gasteiger partial charge < -0.3 is 9.80 Å². The molecule has 0 bridgehead atoms. The Kier molecular flexibility index (Phi) is 5.35. The van der Waals surface area contributed by atoms with Crippen LogP contribution in [0.5, 0.6) is 0 Å². The van der Waals surface area contributed by atoms with Crippen LogP contribution in [0.1, 0.15) is 27.0 Å². The van der Waals surface area contributed by atoms with Gasteiger partial charge in [0.2, 0.25) is 5.91 Å². The molecule has 0 atom stereocenters. The molecule has 0 spiro atoms. The number of hydrogen-bond donors (Lipinski definition) is 0. The average molecular weight is 354 g/mol. The summed E-state index contributed by atoms with van der Waals surface area (Å²) in [5, 5.41) is 0. The largest absolute Gasteiger partial charge is 0.339 e. The summed E-state index contributed by atoms with van der Waals surface area (Å²) < 4.78 is 13.7. The van der Waals surface area contributed by atoms with Gasteiger partial charge in [-0.2, -0.15) is 0 Å². The number of halogens is 1. The molecule has 0 saturated carbocycles. The topological polar surface area (TPSA) is 40.6 Å². The van der Waals surface area contributed by atoms with E-state index >= 15 is 0 Å². The lowest BCUT2D eigenvalue weighted by Crippen LogP contribution is -2.51. The van der Waals surface area contributed by atoms with Crippen LogP contribution in [0.4, 0.5) is 4.39 Å². The molecular formula is C21H23FN2O2. The van der Waals surface area contributed by atoms with Crippen molar-refractivity contribution in [2.24, 2.45) is 0 Å². The van der Waals surface area contributed by atoms with E-state index in [1.165, 1.54) is 6.07 Å². The van der Waals surface area contributed by atoms with Crippen molar-refractivity contribution in [1.82, 2.24) is 9.80 Å². The van der Waals surface area contributed by atoms with Gasteiger partial charge in [0.25, 0.3) is 5.91 Å². The van der Waals surface area contributed by atoms with Crippen molar-refractivity contribution in [1.29, 1.82) is 0 Å². The van der Waals surface area contributed by atoms with E-state index in [-0.39, 0.29) is 17.6 Å². The van der Waals surface area contributed by atoms with Gasteiger partial charge in [-0.3, -0.25) is 9.59 Å². The first kappa shape index (κ1) is 18.1. The Morgan fingerprint density at radius 3 is 2.23 bits per heavy atom. The highest BCUT2D eigenvalue weighted by Crippen LogP contribution is 2.15. The van der Waals surface area contributed by atoms with Gasteiger partial charge in [0, 0.05) is 31.7 Å². The number of carbonyl (C=O) groups is 2. The molecule has 136 valence electrons. The first-order chi connectivity index (χ1) is 12.5. The Morgan fingerprint density at radius 2 is 1.58 bits per heavy atom. The molecule has 4 nitrogen and oxygen atoms in total. The zero-order valence-corrected chi connectivity index (χ0v) is 15.2. The molecule has 0 N–H and O–H groups in total. The smallest absolute Gasteiger partial charge is 0.254 e. The van der Waals surface area contributed by atoms with Gasteiger partial charge in [0.05, 0.1) is 6.42 Å². The van der Waals surface area contributed by atoms with Crippen LogP contribution >= 0.6 is 0 Å². The monoisotopic (exact) mass is 354 g/mol. The van der Waals surface area contributed by atoms with E-state index in [9.17, 15) is 14.0 Å². The van der Waals surface area contributed by atoms with Gasteiger partial charge in [-0.15, -0.1) is 0 Å². The lowest BCUT2D eigenvalue weighted by Gasteiger charge is -2.35. The molecule has 5 heteroatoms. The molecule has 1 saturated heterocycles. The quantitative estimate of drug-likeness (QED) is 0.850. The number of benzene rings is 2. The molecule has 3 rings (SSSR count). The van der Waals surface area contributed by atoms with E-state index in [4.69, 9.17) is 0 Å². The zero-order valence-electron chi connectivity index (χ0n) is 15.2. The second-order valence-corrected chi connectivity index (χ2v) is 6.74. The van der Waals surface area contributed by atoms with Gasteiger partial charge in [-0.05, 0) is 42.7 Å². The molecule has 2 aromatic carbocycles. The second-order valence-electron chi connectivity index (χ2n) is 6.74. The standard InChI is InChI=1S/C21H23FN2O2/c1-15-5-3-4-6-17(15)14-20(25)23-9-11-24(12-10-23)21(26)18-8-7-16(2)19(22)13-18/h3-8,13H,9-12,14H2,1-2H3. The van der Waals surface area contributed by atoms with Gasteiger partial charge in [0.1, 0.15) is 5.82 Å². The maximum Gasteiger partial charge on any atom is 0.254 e. The van der Waals surface area contributed by atoms with Gasteiger partial charge >= 0.3 is 0 Å². The first-order valence-electron chi connectivity index (χ1n) is 8.83. The van der Waals surface area contributed by atoms with Crippen molar-refractivity contribution in [3.63, 3.8) is 0 Å². The maximum atomic E-state index is 13.7.